The minimum atomic E-state index is -1.21. The van der Waals surface area contributed by atoms with Gasteiger partial charge in [0.2, 0.25) is 0 Å². The number of carbonyl (C=O) groups is 1. The molecule has 0 aliphatic carbocycles. The second kappa shape index (κ2) is 3.71. The van der Waals surface area contributed by atoms with Gasteiger partial charge in [-0.15, -0.1) is 0 Å². The van der Waals surface area contributed by atoms with E-state index in [1.165, 1.54) is 6.92 Å². The lowest BCUT2D eigenvalue weighted by Gasteiger charge is -2.10. The van der Waals surface area contributed by atoms with Crippen LogP contribution in [0.2, 0.25) is 0 Å². The predicted molar refractivity (Wildman–Crippen MR) is 25.4 cm³/mol. The minimum absolute atomic E-state index is 0.475. The van der Waals surface area contributed by atoms with Crippen LogP contribution in [0.1, 0.15) is 6.92 Å². The minimum Gasteiger partial charge on any atom is -0.566 e. The average molecular weight is 132 g/mol. The average Bonchev–Trinajstić information content (AvgIpc) is 1.63. The Labute approximate surface area is 51.7 Å². The molecule has 5 heteroatoms. The third-order valence-corrected chi connectivity index (χ3v) is 0.452. The molecule has 5 nitrogen and oxygen atoms in total. The molecule has 0 fully saturated rings. The SMILES string of the molecule is CC(=O)OCOC(=N)[O-]. The van der Waals surface area contributed by atoms with E-state index >= 15 is 0 Å². The van der Waals surface area contributed by atoms with E-state index in [0.717, 1.165) is 0 Å². The Morgan fingerprint density at radius 3 is 2.56 bits per heavy atom. The third kappa shape index (κ3) is 6.74. The lowest BCUT2D eigenvalue weighted by atomic mass is 10.8. The van der Waals surface area contributed by atoms with Gasteiger partial charge in [-0.1, -0.05) is 0 Å². The van der Waals surface area contributed by atoms with Crippen molar-refractivity contribution in [3.8, 4) is 0 Å². The largest absolute Gasteiger partial charge is 0.566 e. The summed E-state index contributed by atoms with van der Waals surface area (Å²) in [5.74, 6) is -0.545. The van der Waals surface area contributed by atoms with Gasteiger partial charge >= 0.3 is 5.97 Å². The topological polar surface area (TPSA) is 82.4 Å². The van der Waals surface area contributed by atoms with Crippen LogP contribution in [0.4, 0.5) is 0 Å². The van der Waals surface area contributed by atoms with E-state index in [4.69, 9.17) is 5.41 Å². The van der Waals surface area contributed by atoms with E-state index in [9.17, 15) is 9.90 Å². The summed E-state index contributed by atoms with van der Waals surface area (Å²) in [5.41, 5.74) is 0. The Kier molecular flexibility index (Phi) is 3.19. The van der Waals surface area contributed by atoms with Crippen molar-refractivity contribution in [2.24, 2.45) is 0 Å². The monoisotopic (exact) mass is 132 g/mol. The van der Waals surface area contributed by atoms with Crippen molar-refractivity contribution in [2.75, 3.05) is 6.79 Å². The molecule has 52 valence electrons. The molecule has 0 heterocycles. The van der Waals surface area contributed by atoms with E-state index in [1.807, 2.05) is 0 Å². The summed E-state index contributed by atoms with van der Waals surface area (Å²) in [6.07, 6.45) is -1.21. The molecule has 0 aliphatic rings. The van der Waals surface area contributed by atoms with Crippen LogP contribution in [0.5, 0.6) is 0 Å². The summed E-state index contributed by atoms with van der Waals surface area (Å²) < 4.78 is 8.09. The van der Waals surface area contributed by atoms with E-state index in [0.29, 0.717) is 0 Å². The van der Waals surface area contributed by atoms with Crippen molar-refractivity contribution in [1.29, 1.82) is 5.41 Å². The molecule has 0 bridgehead atoms. The Hall–Kier alpha value is -1.26. The van der Waals surface area contributed by atoms with Gasteiger partial charge in [-0.05, 0) is 0 Å². The molecular formula is C4H6NO4-. The van der Waals surface area contributed by atoms with Gasteiger partial charge in [0.25, 0.3) is 0 Å². The third-order valence-electron chi connectivity index (χ3n) is 0.452. The fourth-order valence-corrected chi connectivity index (χ4v) is 0.166. The quantitative estimate of drug-likeness (QED) is 0.222. The maximum Gasteiger partial charge on any atom is 0.303 e. The molecule has 0 radical (unpaired) electrons. The van der Waals surface area contributed by atoms with Crippen molar-refractivity contribution in [3.05, 3.63) is 0 Å². The molecule has 0 rings (SSSR count). The summed E-state index contributed by atoms with van der Waals surface area (Å²) in [7, 11) is 0. The highest BCUT2D eigenvalue weighted by molar-refractivity contribution is 5.66. The molecule has 0 aromatic heterocycles. The van der Waals surface area contributed by atoms with Gasteiger partial charge in [0.15, 0.2) is 0 Å². The zero-order valence-electron chi connectivity index (χ0n) is 4.84. The van der Waals surface area contributed by atoms with E-state index < -0.39 is 18.8 Å². The van der Waals surface area contributed by atoms with Gasteiger partial charge < -0.3 is 14.6 Å². The van der Waals surface area contributed by atoms with E-state index in [2.05, 4.69) is 9.47 Å². The number of nitrogens with one attached hydrogen (secondary N) is 1. The van der Waals surface area contributed by atoms with Gasteiger partial charge in [0.05, 0.1) is 0 Å². The Morgan fingerprint density at radius 2 is 2.22 bits per heavy atom. The highest BCUT2D eigenvalue weighted by Gasteiger charge is 1.85. The number of hydrogen-bond donors (Lipinski definition) is 1. The van der Waals surface area contributed by atoms with Gasteiger partial charge in [-0.25, -0.2) is 0 Å². The van der Waals surface area contributed by atoms with Crippen LogP contribution in [0.15, 0.2) is 0 Å². The second-order valence-corrected chi connectivity index (χ2v) is 1.19. The summed E-state index contributed by atoms with van der Waals surface area (Å²) in [6.45, 7) is 0.704. The summed E-state index contributed by atoms with van der Waals surface area (Å²) >= 11 is 0. The molecule has 0 saturated carbocycles. The van der Waals surface area contributed by atoms with Gasteiger partial charge in [-0.2, -0.15) is 0 Å². The summed E-state index contributed by atoms with van der Waals surface area (Å²) in [5, 5.41) is 15.8. The first-order chi connectivity index (χ1) is 4.13. The molecule has 1 N–H and O–H groups in total. The van der Waals surface area contributed by atoms with Crippen LogP contribution in [0.3, 0.4) is 0 Å². The number of esters is 1. The Balaban J connectivity index is 3.10. The lowest BCUT2D eigenvalue weighted by Crippen LogP contribution is -2.21. The van der Waals surface area contributed by atoms with Crippen molar-refractivity contribution in [3.63, 3.8) is 0 Å². The molecule has 0 aromatic carbocycles. The molecule has 0 saturated heterocycles. The molecule has 0 amide bonds. The zero-order valence-corrected chi connectivity index (χ0v) is 4.84. The van der Waals surface area contributed by atoms with E-state index in [1.54, 1.807) is 0 Å². The number of ether oxygens (including phenoxy) is 2. The van der Waals surface area contributed by atoms with Gasteiger partial charge in [-0.3, -0.25) is 10.2 Å². The molecular weight excluding hydrogens is 126 g/mol. The molecule has 0 spiro atoms. The van der Waals surface area contributed by atoms with Crippen molar-refractivity contribution in [2.45, 2.75) is 6.92 Å². The maximum absolute atomic E-state index is 9.95. The molecule has 0 aromatic rings. The van der Waals surface area contributed by atoms with Crippen molar-refractivity contribution < 1.29 is 19.4 Å². The van der Waals surface area contributed by atoms with E-state index in [-0.39, 0.29) is 0 Å². The Bertz CT molecular complexity index is 108. The van der Waals surface area contributed by atoms with Crippen LogP contribution in [-0.2, 0) is 14.3 Å². The van der Waals surface area contributed by atoms with Crippen molar-refractivity contribution in [1.82, 2.24) is 0 Å². The summed E-state index contributed by atoms with van der Waals surface area (Å²) in [4.78, 5) is 9.95. The number of hydrogen-bond acceptors (Lipinski definition) is 5. The van der Waals surface area contributed by atoms with Crippen LogP contribution < -0.4 is 5.11 Å². The van der Waals surface area contributed by atoms with Crippen LogP contribution in [0, 0.1) is 5.41 Å². The first-order valence-electron chi connectivity index (χ1n) is 2.14. The molecule has 0 aliphatic heterocycles. The number of carbonyl (C=O) groups excluding carboxylic acids is 1. The molecule has 0 unspecified atom stereocenters. The van der Waals surface area contributed by atoms with Crippen LogP contribution in [0.25, 0.3) is 0 Å². The Morgan fingerprint density at radius 1 is 1.67 bits per heavy atom. The standard InChI is InChI=1S/C4H7NO4/c1-3(6)8-2-9-4(5)7/h2H2,1H3,(H2,5,7)/p-1. The summed E-state index contributed by atoms with van der Waals surface area (Å²) in [6, 6.07) is 0. The smallest absolute Gasteiger partial charge is 0.303 e. The first kappa shape index (κ1) is 7.74. The zero-order chi connectivity index (χ0) is 7.28. The van der Waals surface area contributed by atoms with Gasteiger partial charge in [0.1, 0.15) is 12.9 Å². The van der Waals surface area contributed by atoms with Crippen LogP contribution in [-0.4, -0.2) is 18.8 Å². The normalized spacial score (nSPS) is 8.11. The van der Waals surface area contributed by atoms with Crippen LogP contribution >= 0.6 is 0 Å². The van der Waals surface area contributed by atoms with Crippen molar-refractivity contribution >= 4 is 12.1 Å². The highest BCUT2D eigenvalue weighted by Crippen LogP contribution is 1.76. The maximum atomic E-state index is 9.95. The fraction of sp³-hybridized carbons (Fsp3) is 0.500. The number of rotatable bonds is 2. The lowest BCUT2D eigenvalue weighted by molar-refractivity contribution is -0.259. The molecule has 9 heavy (non-hydrogen) atoms. The second-order valence-electron chi connectivity index (χ2n) is 1.19. The first-order valence-corrected chi connectivity index (χ1v) is 2.14. The molecule has 0 atom stereocenters. The highest BCUT2D eigenvalue weighted by atomic mass is 16.7. The van der Waals surface area contributed by atoms with Gasteiger partial charge in [0, 0.05) is 6.92 Å². The fourth-order valence-electron chi connectivity index (χ4n) is 0.166. The predicted octanol–water partition coefficient (Wildman–Crippen LogP) is -1.18.